The van der Waals surface area contributed by atoms with Crippen LogP contribution < -0.4 is 5.32 Å². The summed E-state index contributed by atoms with van der Waals surface area (Å²) < 4.78 is 0. The number of hydrogen-bond acceptors (Lipinski definition) is 3. The van der Waals surface area contributed by atoms with Crippen LogP contribution in [0.5, 0.6) is 0 Å². The van der Waals surface area contributed by atoms with Gasteiger partial charge in [0.2, 0.25) is 5.91 Å². The van der Waals surface area contributed by atoms with Crippen molar-refractivity contribution in [3.63, 3.8) is 0 Å². The molecule has 28 heavy (non-hydrogen) atoms. The molecule has 154 valence electrons. The van der Waals surface area contributed by atoms with E-state index in [4.69, 9.17) is 12.2 Å². The molecule has 2 fully saturated rings. The Morgan fingerprint density at radius 3 is 2.14 bits per heavy atom. The zero-order valence-corrected chi connectivity index (χ0v) is 18.5. The monoisotopic (exact) mass is 402 g/mol. The van der Waals surface area contributed by atoms with Gasteiger partial charge in [-0.05, 0) is 67.6 Å². The van der Waals surface area contributed by atoms with E-state index >= 15 is 0 Å². The molecule has 1 N–H and O–H groups in total. The molecule has 0 bridgehead atoms. The molecule has 1 aromatic rings. The first kappa shape index (κ1) is 21.1. The van der Waals surface area contributed by atoms with Crippen molar-refractivity contribution in [3.05, 3.63) is 29.3 Å². The van der Waals surface area contributed by atoms with E-state index < -0.39 is 0 Å². The lowest BCUT2D eigenvalue weighted by Crippen LogP contribution is -2.53. The van der Waals surface area contributed by atoms with Crippen LogP contribution in [0, 0.1) is 25.7 Å². The topological polar surface area (TPSA) is 38.8 Å². The van der Waals surface area contributed by atoms with E-state index in [-0.39, 0.29) is 5.91 Å². The predicted molar refractivity (Wildman–Crippen MR) is 120 cm³/mol. The van der Waals surface area contributed by atoms with Crippen molar-refractivity contribution in [2.45, 2.75) is 34.1 Å². The van der Waals surface area contributed by atoms with E-state index in [1.54, 1.807) is 0 Å². The average Bonchev–Trinajstić information content (AvgIpc) is 2.60. The first-order valence-electron chi connectivity index (χ1n) is 10.4. The van der Waals surface area contributed by atoms with Crippen LogP contribution in [0.3, 0.4) is 0 Å². The largest absolute Gasteiger partial charge is 0.346 e. The normalized spacial score (nSPS) is 23.6. The fraction of sp³-hybridized carbons (Fsp3) is 0.636. The van der Waals surface area contributed by atoms with Crippen molar-refractivity contribution in [2.24, 2.45) is 11.8 Å². The Morgan fingerprint density at radius 2 is 1.57 bits per heavy atom. The lowest BCUT2D eigenvalue weighted by molar-refractivity contribution is -0.135. The first-order chi connectivity index (χ1) is 13.3. The fourth-order valence-electron chi connectivity index (χ4n) is 4.52. The van der Waals surface area contributed by atoms with Gasteiger partial charge in [-0.2, -0.15) is 0 Å². The molecule has 1 amide bonds. The molecule has 2 atom stereocenters. The zero-order valence-electron chi connectivity index (χ0n) is 17.7. The third kappa shape index (κ3) is 5.67. The molecule has 0 radical (unpaired) electrons. The van der Waals surface area contributed by atoms with Gasteiger partial charge < -0.3 is 15.1 Å². The number of carbonyl (C=O) groups excluding carboxylic acids is 1. The maximum absolute atomic E-state index is 12.7. The van der Waals surface area contributed by atoms with Gasteiger partial charge in [0.05, 0.1) is 6.54 Å². The molecule has 0 aliphatic carbocycles. The number of benzene rings is 1. The SMILES string of the molecule is Cc1cc(C)cc(NC(=S)N2CCN(CC(=O)N3C[C@H](C)C[C@@H](C)C3)CC2)c1. The summed E-state index contributed by atoms with van der Waals surface area (Å²) in [5, 5.41) is 4.15. The summed E-state index contributed by atoms with van der Waals surface area (Å²) in [6.45, 7) is 14.5. The molecule has 2 aliphatic rings. The van der Waals surface area contributed by atoms with Crippen LogP contribution in [-0.2, 0) is 4.79 Å². The number of rotatable bonds is 3. The minimum atomic E-state index is 0.280. The highest BCUT2D eigenvalue weighted by atomic mass is 32.1. The van der Waals surface area contributed by atoms with Crippen molar-refractivity contribution in [1.82, 2.24) is 14.7 Å². The number of anilines is 1. The highest BCUT2D eigenvalue weighted by Gasteiger charge is 2.27. The van der Waals surface area contributed by atoms with Crippen molar-refractivity contribution >= 4 is 28.9 Å². The Balaban J connectivity index is 1.46. The second kappa shape index (κ2) is 9.23. The Hall–Kier alpha value is -1.66. The van der Waals surface area contributed by atoms with E-state index in [1.165, 1.54) is 17.5 Å². The van der Waals surface area contributed by atoms with Gasteiger partial charge in [0.1, 0.15) is 0 Å². The number of aryl methyl sites for hydroxylation is 2. The van der Waals surface area contributed by atoms with E-state index in [2.05, 4.69) is 65.9 Å². The van der Waals surface area contributed by atoms with Crippen molar-refractivity contribution in [1.29, 1.82) is 0 Å². The summed E-state index contributed by atoms with van der Waals surface area (Å²) in [6.07, 6.45) is 1.23. The van der Waals surface area contributed by atoms with Crippen molar-refractivity contribution in [2.75, 3.05) is 51.1 Å². The summed E-state index contributed by atoms with van der Waals surface area (Å²) in [7, 11) is 0. The molecule has 0 aromatic heterocycles. The third-order valence-corrected chi connectivity index (χ3v) is 6.07. The van der Waals surface area contributed by atoms with Gasteiger partial charge in [-0.15, -0.1) is 0 Å². The van der Waals surface area contributed by atoms with E-state index in [9.17, 15) is 4.79 Å². The average molecular weight is 403 g/mol. The van der Waals surface area contributed by atoms with Crippen LogP contribution in [0.15, 0.2) is 18.2 Å². The molecule has 6 heteroatoms. The number of hydrogen-bond donors (Lipinski definition) is 1. The van der Waals surface area contributed by atoms with Gasteiger partial charge in [0, 0.05) is 45.0 Å². The first-order valence-corrected chi connectivity index (χ1v) is 10.9. The van der Waals surface area contributed by atoms with Gasteiger partial charge in [-0.3, -0.25) is 9.69 Å². The van der Waals surface area contributed by atoms with E-state index in [1.807, 2.05) is 0 Å². The molecule has 0 unspecified atom stereocenters. The van der Waals surface area contributed by atoms with Crippen LogP contribution in [0.2, 0.25) is 0 Å². The minimum absolute atomic E-state index is 0.280. The highest BCUT2D eigenvalue weighted by Crippen LogP contribution is 2.21. The predicted octanol–water partition coefficient (Wildman–Crippen LogP) is 3.12. The van der Waals surface area contributed by atoms with Crippen molar-refractivity contribution < 1.29 is 4.79 Å². The molecule has 5 nitrogen and oxygen atoms in total. The smallest absolute Gasteiger partial charge is 0.236 e. The minimum Gasteiger partial charge on any atom is -0.346 e. The summed E-state index contributed by atoms with van der Waals surface area (Å²) in [5.41, 5.74) is 3.51. The number of likely N-dealkylation sites (tertiary alicyclic amines) is 1. The maximum Gasteiger partial charge on any atom is 0.236 e. The Morgan fingerprint density at radius 1 is 1.00 bits per heavy atom. The van der Waals surface area contributed by atoms with Crippen LogP contribution >= 0.6 is 12.2 Å². The van der Waals surface area contributed by atoms with E-state index in [0.717, 1.165) is 50.1 Å². The van der Waals surface area contributed by atoms with Crippen LogP contribution in [0.25, 0.3) is 0 Å². The number of nitrogens with one attached hydrogen (secondary N) is 1. The van der Waals surface area contributed by atoms with Gasteiger partial charge in [0.25, 0.3) is 0 Å². The van der Waals surface area contributed by atoms with Crippen LogP contribution in [-0.4, -0.2) is 71.5 Å². The third-order valence-electron chi connectivity index (χ3n) is 5.71. The summed E-state index contributed by atoms with van der Waals surface area (Å²) in [5.74, 6) is 1.50. The number of carbonyl (C=O) groups is 1. The van der Waals surface area contributed by atoms with Gasteiger partial charge in [-0.25, -0.2) is 0 Å². The number of amides is 1. The Labute approximate surface area is 175 Å². The fourth-order valence-corrected chi connectivity index (χ4v) is 4.82. The van der Waals surface area contributed by atoms with Gasteiger partial charge in [-0.1, -0.05) is 19.9 Å². The lowest BCUT2D eigenvalue weighted by Gasteiger charge is -2.39. The lowest BCUT2D eigenvalue weighted by atomic mass is 9.92. The number of thiocarbonyl (C=S) groups is 1. The molecule has 0 saturated carbocycles. The molecule has 2 saturated heterocycles. The number of piperazine rings is 1. The molecule has 1 aromatic carbocycles. The number of nitrogens with zero attached hydrogens (tertiary/aromatic N) is 3. The molecule has 2 heterocycles. The van der Waals surface area contributed by atoms with Crippen LogP contribution in [0.4, 0.5) is 5.69 Å². The molecule has 2 aliphatic heterocycles. The molecular formula is C22H34N4OS. The zero-order chi connectivity index (χ0) is 20.3. The van der Waals surface area contributed by atoms with Crippen LogP contribution in [0.1, 0.15) is 31.4 Å². The quantitative estimate of drug-likeness (QED) is 0.787. The molecule has 0 spiro atoms. The second-order valence-electron chi connectivity index (χ2n) is 8.81. The van der Waals surface area contributed by atoms with E-state index in [0.29, 0.717) is 18.4 Å². The van der Waals surface area contributed by atoms with Gasteiger partial charge >= 0.3 is 0 Å². The maximum atomic E-state index is 12.7. The highest BCUT2D eigenvalue weighted by molar-refractivity contribution is 7.80. The summed E-state index contributed by atoms with van der Waals surface area (Å²) in [6, 6.07) is 6.40. The summed E-state index contributed by atoms with van der Waals surface area (Å²) in [4.78, 5) is 19.3. The van der Waals surface area contributed by atoms with Crippen molar-refractivity contribution in [3.8, 4) is 0 Å². The summed E-state index contributed by atoms with van der Waals surface area (Å²) >= 11 is 5.62. The Bertz CT molecular complexity index is 684. The molecule has 3 rings (SSSR count). The standard InChI is InChI=1S/C22H34N4OS/c1-16-9-17(2)12-20(11-16)23-22(28)25-7-5-24(6-8-25)15-21(27)26-13-18(3)10-19(4)14-26/h9,11-12,18-19H,5-8,10,13-15H2,1-4H3,(H,23,28)/t18-,19-/m1/s1. The Kier molecular flexibility index (Phi) is 6.94. The molecular weight excluding hydrogens is 368 g/mol. The second-order valence-corrected chi connectivity index (χ2v) is 9.20. The number of piperidine rings is 1. The van der Waals surface area contributed by atoms with Gasteiger partial charge in [0.15, 0.2) is 5.11 Å².